The number of nitrogens with one attached hydrogen (secondary N) is 1. The lowest BCUT2D eigenvalue weighted by atomic mass is 10.2. The molecule has 0 atom stereocenters. The maximum Gasteiger partial charge on any atom is 0.269 e. The molecular weight excluding hydrogens is 450 g/mol. The highest BCUT2D eigenvalue weighted by molar-refractivity contribution is 6.03. The van der Waals surface area contributed by atoms with E-state index in [1.165, 1.54) is 18.2 Å². The zero-order chi connectivity index (χ0) is 24.8. The van der Waals surface area contributed by atoms with E-state index >= 15 is 0 Å². The molecule has 2 amide bonds. The molecule has 35 heavy (non-hydrogen) atoms. The van der Waals surface area contributed by atoms with Crippen LogP contribution < -0.4 is 19.7 Å². The molecule has 9 nitrogen and oxygen atoms in total. The molecule has 1 heterocycles. The molecule has 1 N–H and O–H groups in total. The Bertz CT molecular complexity index is 1270. The van der Waals surface area contributed by atoms with Gasteiger partial charge in [-0.3, -0.25) is 19.7 Å². The van der Waals surface area contributed by atoms with Gasteiger partial charge in [0.1, 0.15) is 18.1 Å². The van der Waals surface area contributed by atoms with E-state index in [2.05, 4.69) is 5.32 Å². The minimum Gasteiger partial charge on any atom is -0.492 e. The summed E-state index contributed by atoms with van der Waals surface area (Å²) in [5.74, 6) is 0.670. The summed E-state index contributed by atoms with van der Waals surface area (Å²) < 4.78 is 11.3. The third-order valence-corrected chi connectivity index (χ3v) is 5.31. The van der Waals surface area contributed by atoms with Gasteiger partial charge in [-0.2, -0.15) is 0 Å². The number of anilines is 2. The van der Waals surface area contributed by atoms with E-state index < -0.39 is 4.92 Å². The summed E-state index contributed by atoms with van der Waals surface area (Å²) in [4.78, 5) is 36.7. The number of carbonyl (C=O) groups is 2. The molecule has 9 heteroatoms. The number of nitrogens with zero attached hydrogens (tertiary/aromatic N) is 2. The highest BCUT2D eigenvalue weighted by atomic mass is 16.6. The fourth-order valence-corrected chi connectivity index (χ4v) is 3.48. The standard InChI is InChI=1S/C26H23N3O6/c1-18-2-10-22(11-3-18)34-15-14-28-23-16-20(7-12-24(23)35-17-26(28)31)27-25(30)13-6-19-4-8-21(9-5-19)29(32)33/h2-13,16H,14-15,17H2,1H3,(H,27,30)/b13-6+. The van der Waals surface area contributed by atoms with Crippen LogP contribution in [0.15, 0.2) is 72.8 Å². The van der Waals surface area contributed by atoms with Crippen molar-refractivity contribution >= 4 is 35.0 Å². The molecule has 0 unspecified atom stereocenters. The van der Waals surface area contributed by atoms with Gasteiger partial charge in [-0.05, 0) is 61.0 Å². The van der Waals surface area contributed by atoms with Crippen molar-refractivity contribution in [2.24, 2.45) is 0 Å². The van der Waals surface area contributed by atoms with Crippen molar-refractivity contribution in [3.8, 4) is 11.5 Å². The van der Waals surface area contributed by atoms with E-state index in [9.17, 15) is 19.7 Å². The van der Waals surface area contributed by atoms with Gasteiger partial charge < -0.3 is 19.7 Å². The van der Waals surface area contributed by atoms with Crippen LogP contribution in [-0.4, -0.2) is 36.5 Å². The van der Waals surface area contributed by atoms with Crippen LogP contribution in [0, 0.1) is 17.0 Å². The van der Waals surface area contributed by atoms with Gasteiger partial charge in [0.05, 0.1) is 17.2 Å². The number of non-ortho nitro benzene ring substituents is 1. The number of nitro benzene ring substituents is 1. The number of hydrogen-bond donors (Lipinski definition) is 1. The molecule has 0 saturated carbocycles. The lowest BCUT2D eigenvalue weighted by Crippen LogP contribution is -2.41. The van der Waals surface area contributed by atoms with E-state index in [0.717, 1.165) is 11.3 Å². The first-order chi connectivity index (χ1) is 16.9. The van der Waals surface area contributed by atoms with Gasteiger partial charge in [0, 0.05) is 23.9 Å². The van der Waals surface area contributed by atoms with Crippen LogP contribution in [0.3, 0.4) is 0 Å². The number of carbonyl (C=O) groups excluding carboxylic acids is 2. The van der Waals surface area contributed by atoms with Gasteiger partial charge in [0.15, 0.2) is 6.61 Å². The number of fused-ring (bicyclic) bond motifs is 1. The van der Waals surface area contributed by atoms with Crippen LogP contribution in [-0.2, 0) is 9.59 Å². The highest BCUT2D eigenvalue weighted by Gasteiger charge is 2.26. The second-order valence-electron chi connectivity index (χ2n) is 7.85. The van der Waals surface area contributed by atoms with Gasteiger partial charge in [-0.15, -0.1) is 0 Å². The third kappa shape index (κ3) is 6.02. The molecule has 3 aromatic carbocycles. The maximum absolute atomic E-state index is 12.5. The molecular formula is C26H23N3O6. The summed E-state index contributed by atoms with van der Waals surface area (Å²) in [6.45, 7) is 2.54. The molecule has 1 aliphatic rings. The zero-order valence-corrected chi connectivity index (χ0v) is 19.0. The number of aryl methyl sites for hydroxylation is 1. The Labute approximate surface area is 201 Å². The first-order valence-electron chi connectivity index (χ1n) is 10.9. The van der Waals surface area contributed by atoms with Crippen LogP contribution >= 0.6 is 0 Å². The topological polar surface area (TPSA) is 111 Å². The SMILES string of the molecule is Cc1ccc(OCCN2C(=O)COc3ccc(NC(=O)/C=C/c4ccc([N+](=O)[O-])cc4)cc32)cc1. The molecule has 178 valence electrons. The van der Waals surface area contributed by atoms with Crippen LogP contribution in [0.4, 0.5) is 17.1 Å². The van der Waals surface area contributed by atoms with Crippen molar-refractivity contribution < 1.29 is 24.0 Å². The number of ether oxygens (including phenoxy) is 2. The average Bonchev–Trinajstić information content (AvgIpc) is 2.85. The lowest BCUT2D eigenvalue weighted by molar-refractivity contribution is -0.384. The van der Waals surface area contributed by atoms with Crippen molar-refractivity contribution in [3.05, 3.63) is 94.0 Å². The third-order valence-electron chi connectivity index (χ3n) is 5.31. The van der Waals surface area contributed by atoms with E-state index in [-0.39, 0.29) is 24.1 Å². The molecule has 1 aliphatic heterocycles. The Hall–Kier alpha value is -4.66. The fraction of sp³-hybridized carbons (Fsp3) is 0.154. The van der Waals surface area contributed by atoms with Crippen molar-refractivity contribution in [3.63, 3.8) is 0 Å². The van der Waals surface area contributed by atoms with Crippen molar-refractivity contribution in [1.29, 1.82) is 0 Å². The smallest absolute Gasteiger partial charge is 0.269 e. The van der Waals surface area contributed by atoms with Crippen molar-refractivity contribution in [2.45, 2.75) is 6.92 Å². The van der Waals surface area contributed by atoms with Crippen molar-refractivity contribution in [1.82, 2.24) is 0 Å². The molecule has 0 bridgehead atoms. The summed E-state index contributed by atoms with van der Waals surface area (Å²) >= 11 is 0. The quantitative estimate of drug-likeness (QED) is 0.296. The molecule has 0 saturated heterocycles. The zero-order valence-electron chi connectivity index (χ0n) is 19.0. The Morgan fingerprint density at radius 3 is 2.60 bits per heavy atom. The van der Waals surface area contributed by atoms with Gasteiger partial charge in [0.25, 0.3) is 11.6 Å². The first-order valence-corrected chi connectivity index (χ1v) is 10.9. The van der Waals surface area contributed by atoms with E-state index in [4.69, 9.17) is 9.47 Å². The Morgan fingerprint density at radius 2 is 1.89 bits per heavy atom. The predicted octanol–water partition coefficient (Wildman–Crippen LogP) is 4.36. The molecule has 3 aromatic rings. The van der Waals surface area contributed by atoms with Gasteiger partial charge in [-0.1, -0.05) is 17.7 Å². The highest BCUT2D eigenvalue weighted by Crippen LogP contribution is 2.34. The second-order valence-corrected chi connectivity index (χ2v) is 7.85. The van der Waals surface area contributed by atoms with E-state index in [0.29, 0.717) is 35.8 Å². The minimum atomic E-state index is -0.483. The molecule has 0 radical (unpaired) electrons. The van der Waals surface area contributed by atoms with Crippen LogP contribution in [0.1, 0.15) is 11.1 Å². The normalized spacial score (nSPS) is 12.7. The van der Waals surface area contributed by atoms with E-state index in [1.54, 1.807) is 41.3 Å². The number of nitro groups is 1. The second kappa shape index (κ2) is 10.5. The van der Waals surface area contributed by atoms with Gasteiger partial charge in [-0.25, -0.2) is 0 Å². The Balaban J connectivity index is 1.40. The van der Waals surface area contributed by atoms with Crippen LogP contribution in [0.5, 0.6) is 11.5 Å². The molecule has 0 aromatic heterocycles. The molecule has 0 spiro atoms. The monoisotopic (exact) mass is 473 g/mol. The molecule has 4 rings (SSSR count). The summed E-state index contributed by atoms with van der Waals surface area (Å²) in [6.07, 6.45) is 2.88. The number of benzene rings is 3. The first kappa shape index (κ1) is 23.5. The summed E-state index contributed by atoms with van der Waals surface area (Å²) in [7, 11) is 0. The maximum atomic E-state index is 12.5. The van der Waals surface area contributed by atoms with Crippen LogP contribution in [0.2, 0.25) is 0 Å². The average molecular weight is 473 g/mol. The predicted molar refractivity (Wildman–Crippen MR) is 132 cm³/mol. The number of rotatable bonds is 8. The van der Waals surface area contributed by atoms with Gasteiger partial charge in [0.2, 0.25) is 5.91 Å². The number of hydrogen-bond acceptors (Lipinski definition) is 6. The lowest BCUT2D eigenvalue weighted by Gasteiger charge is -2.29. The Kier molecular flexibility index (Phi) is 7.06. The van der Waals surface area contributed by atoms with E-state index in [1.807, 2.05) is 31.2 Å². The summed E-state index contributed by atoms with van der Waals surface area (Å²) in [5, 5.41) is 13.5. The van der Waals surface area contributed by atoms with Crippen LogP contribution in [0.25, 0.3) is 6.08 Å². The molecule has 0 fully saturated rings. The van der Waals surface area contributed by atoms with Gasteiger partial charge >= 0.3 is 0 Å². The summed E-state index contributed by atoms with van der Waals surface area (Å²) in [5.41, 5.74) is 2.80. The summed E-state index contributed by atoms with van der Waals surface area (Å²) in [6, 6.07) is 18.6. The Morgan fingerprint density at radius 1 is 1.14 bits per heavy atom. The molecule has 0 aliphatic carbocycles. The minimum absolute atomic E-state index is 0.0220. The largest absolute Gasteiger partial charge is 0.492 e. The fourth-order valence-electron chi connectivity index (χ4n) is 3.48. The van der Waals surface area contributed by atoms with Crippen molar-refractivity contribution in [2.75, 3.05) is 30.0 Å². The number of amides is 2.